The number of hydrogen-bond donors (Lipinski definition) is 2. The first-order valence-corrected chi connectivity index (χ1v) is 11.1. The van der Waals surface area contributed by atoms with Crippen LogP contribution in [0.2, 0.25) is 0 Å². The average Bonchev–Trinajstić information content (AvgIpc) is 3.12. The van der Waals surface area contributed by atoms with Crippen molar-refractivity contribution < 1.29 is 9.47 Å². The minimum atomic E-state index is -0.0491. The molecular weight excluding hydrogens is 467 g/mol. The van der Waals surface area contributed by atoms with Gasteiger partial charge in [-0.1, -0.05) is 19.3 Å². The van der Waals surface area contributed by atoms with Crippen molar-refractivity contribution in [3.8, 4) is 0 Å². The highest BCUT2D eigenvalue weighted by Gasteiger charge is 2.35. The number of guanidine groups is 1. The van der Waals surface area contributed by atoms with Crippen LogP contribution in [0.1, 0.15) is 58.8 Å². The molecule has 2 aliphatic heterocycles. The second-order valence-corrected chi connectivity index (χ2v) is 8.90. The maximum Gasteiger partial charge on any atom is 0.191 e. The zero-order chi connectivity index (χ0) is 19.0. The van der Waals surface area contributed by atoms with E-state index >= 15 is 0 Å². The van der Waals surface area contributed by atoms with Crippen molar-refractivity contribution in [2.24, 2.45) is 10.4 Å². The summed E-state index contributed by atoms with van der Waals surface area (Å²) in [6.07, 6.45) is 8.95. The molecule has 6 nitrogen and oxygen atoms in total. The summed E-state index contributed by atoms with van der Waals surface area (Å²) in [5, 5.41) is 6.98. The topological polar surface area (TPSA) is 58.1 Å². The van der Waals surface area contributed by atoms with Gasteiger partial charge in [0.2, 0.25) is 0 Å². The van der Waals surface area contributed by atoms with Crippen molar-refractivity contribution in [2.45, 2.75) is 64.4 Å². The molecule has 3 rings (SSSR count). The Labute approximate surface area is 188 Å². The number of morpholine rings is 1. The molecule has 0 spiro atoms. The standard InChI is InChI=1S/C21H40N4O2.HI/c1-3-22-19(23-16-20(2)8-7-13-27-20)24-17-21(9-5-4-6-10-21)18-25-11-14-26-15-12-25;/h3-18H2,1-2H3,(H2,22,23,24);1H. The van der Waals surface area contributed by atoms with Gasteiger partial charge in [-0.3, -0.25) is 9.89 Å². The third-order valence-corrected chi connectivity index (χ3v) is 6.42. The van der Waals surface area contributed by atoms with Crippen LogP contribution in [0.25, 0.3) is 0 Å². The van der Waals surface area contributed by atoms with Crippen molar-refractivity contribution in [1.82, 2.24) is 15.5 Å². The van der Waals surface area contributed by atoms with E-state index in [4.69, 9.17) is 14.5 Å². The lowest BCUT2D eigenvalue weighted by atomic mass is 9.73. The Morgan fingerprint density at radius 1 is 1.00 bits per heavy atom. The van der Waals surface area contributed by atoms with Crippen LogP contribution in [0, 0.1) is 5.41 Å². The molecule has 28 heavy (non-hydrogen) atoms. The molecule has 164 valence electrons. The van der Waals surface area contributed by atoms with Gasteiger partial charge in [-0.15, -0.1) is 24.0 Å². The van der Waals surface area contributed by atoms with Gasteiger partial charge in [0.25, 0.3) is 0 Å². The monoisotopic (exact) mass is 508 g/mol. The molecule has 1 saturated carbocycles. The Balaban J connectivity index is 0.00000280. The molecule has 0 aromatic rings. The van der Waals surface area contributed by atoms with Crippen molar-refractivity contribution in [2.75, 3.05) is 59.1 Å². The molecule has 0 bridgehead atoms. The number of ether oxygens (including phenoxy) is 2. The zero-order valence-electron chi connectivity index (χ0n) is 17.9. The predicted octanol–water partition coefficient (Wildman–Crippen LogP) is 3.01. The van der Waals surface area contributed by atoms with E-state index in [2.05, 4.69) is 29.4 Å². The molecule has 0 amide bonds. The van der Waals surface area contributed by atoms with Crippen LogP contribution in [0.4, 0.5) is 0 Å². The van der Waals surface area contributed by atoms with Gasteiger partial charge in [-0.05, 0) is 39.5 Å². The normalized spacial score (nSPS) is 28.6. The van der Waals surface area contributed by atoms with Gasteiger partial charge in [0, 0.05) is 51.3 Å². The van der Waals surface area contributed by atoms with E-state index in [-0.39, 0.29) is 29.6 Å². The largest absolute Gasteiger partial charge is 0.379 e. The van der Waals surface area contributed by atoms with E-state index in [1.54, 1.807) is 0 Å². The molecule has 2 saturated heterocycles. The van der Waals surface area contributed by atoms with Gasteiger partial charge in [-0.25, -0.2) is 0 Å². The number of nitrogens with zero attached hydrogens (tertiary/aromatic N) is 2. The molecule has 0 aromatic heterocycles. The summed E-state index contributed by atoms with van der Waals surface area (Å²) in [7, 11) is 0. The van der Waals surface area contributed by atoms with Gasteiger partial charge in [0.15, 0.2) is 5.96 Å². The van der Waals surface area contributed by atoms with E-state index in [1.807, 2.05) is 0 Å². The first-order valence-electron chi connectivity index (χ1n) is 11.1. The van der Waals surface area contributed by atoms with Crippen LogP contribution in [-0.2, 0) is 9.47 Å². The van der Waals surface area contributed by atoms with Crippen LogP contribution in [0.15, 0.2) is 4.99 Å². The fourth-order valence-corrected chi connectivity index (χ4v) is 4.74. The maximum absolute atomic E-state index is 5.92. The summed E-state index contributed by atoms with van der Waals surface area (Å²) in [6.45, 7) is 12.9. The number of hydrogen-bond acceptors (Lipinski definition) is 4. The lowest BCUT2D eigenvalue weighted by Gasteiger charge is -2.41. The number of aliphatic imine (C=N–C) groups is 1. The molecule has 3 aliphatic rings. The highest BCUT2D eigenvalue weighted by molar-refractivity contribution is 14.0. The summed E-state index contributed by atoms with van der Waals surface area (Å²) in [4.78, 5) is 7.64. The van der Waals surface area contributed by atoms with E-state index in [0.29, 0.717) is 5.41 Å². The smallest absolute Gasteiger partial charge is 0.191 e. The van der Waals surface area contributed by atoms with Crippen LogP contribution in [-0.4, -0.2) is 75.5 Å². The molecule has 2 heterocycles. The highest BCUT2D eigenvalue weighted by atomic mass is 127. The van der Waals surface area contributed by atoms with Crippen LogP contribution in [0.5, 0.6) is 0 Å². The number of halogens is 1. The van der Waals surface area contributed by atoms with Gasteiger partial charge in [0.05, 0.1) is 18.8 Å². The second-order valence-electron chi connectivity index (χ2n) is 8.90. The van der Waals surface area contributed by atoms with Crippen LogP contribution >= 0.6 is 24.0 Å². The Bertz CT molecular complexity index is 471. The summed E-state index contributed by atoms with van der Waals surface area (Å²) in [5.74, 6) is 0.946. The molecule has 1 atom stereocenters. The molecule has 0 aromatic carbocycles. The van der Waals surface area contributed by atoms with Gasteiger partial charge >= 0.3 is 0 Å². The minimum absolute atomic E-state index is 0. The molecule has 1 unspecified atom stereocenters. The Morgan fingerprint density at radius 2 is 1.75 bits per heavy atom. The lowest BCUT2D eigenvalue weighted by Crippen LogP contribution is -2.48. The van der Waals surface area contributed by atoms with Gasteiger partial charge < -0.3 is 20.1 Å². The number of rotatable bonds is 7. The first kappa shape index (κ1) is 24.2. The molecular formula is C21H41IN4O2. The first-order chi connectivity index (χ1) is 13.1. The lowest BCUT2D eigenvalue weighted by molar-refractivity contribution is 0.00934. The Hall–Kier alpha value is -0.120. The number of nitrogens with one attached hydrogen (secondary N) is 2. The van der Waals surface area contributed by atoms with Crippen LogP contribution in [0.3, 0.4) is 0 Å². The summed E-state index contributed by atoms with van der Waals surface area (Å²) >= 11 is 0. The second kappa shape index (κ2) is 11.9. The zero-order valence-corrected chi connectivity index (χ0v) is 20.3. The molecule has 2 N–H and O–H groups in total. The summed E-state index contributed by atoms with van der Waals surface area (Å²) in [6, 6.07) is 0. The molecule has 1 aliphatic carbocycles. The third-order valence-electron chi connectivity index (χ3n) is 6.42. The van der Waals surface area contributed by atoms with Crippen molar-refractivity contribution in [3.05, 3.63) is 0 Å². The fraction of sp³-hybridized carbons (Fsp3) is 0.952. The highest BCUT2D eigenvalue weighted by Crippen LogP contribution is 2.37. The van der Waals surface area contributed by atoms with Crippen molar-refractivity contribution in [1.29, 1.82) is 0 Å². The van der Waals surface area contributed by atoms with Crippen molar-refractivity contribution >= 4 is 29.9 Å². The summed E-state index contributed by atoms with van der Waals surface area (Å²) < 4.78 is 11.5. The summed E-state index contributed by atoms with van der Waals surface area (Å²) in [5.41, 5.74) is 0.276. The van der Waals surface area contributed by atoms with Crippen LogP contribution < -0.4 is 10.6 Å². The average molecular weight is 508 g/mol. The van der Waals surface area contributed by atoms with Gasteiger partial charge in [-0.2, -0.15) is 0 Å². The van der Waals surface area contributed by atoms with Crippen molar-refractivity contribution in [3.63, 3.8) is 0 Å². The maximum atomic E-state index is 5.92. The van der Waals surface area contributed by atoms with Gasteiger partial charge in [0.1, 0.15) is 0 Å². The Morgan fingerprint density at radius 3 is 2.39 bits per heavy atom. The molecule has 3 fully saturated rings. The molecule has 7 heteroatoms. The quantitative estimate of drug-likeness (QED) is 0.315. The predicted molar refractivity (Wildman–Crippen MR) is 126 cm³/mol. The fourth-order valence-electron chi connectivity index (χ4n) is 4.74. The SMILES string of the molecule is CCNC(=NCC1(CN2CCOCC2)CCCCC1)NCC1(C)CCCO1.I. The minimum Gasteiger partial charge on any atom is -0.379 e. The van der Waals surface area contributed by atoms with E-state index in [9.17, 15) is 0 Å². The Kier molecular flexibility index (Phi) is 10.3. The third kappa shape index (κ3) is 7.29. The van der Waals surface area contributed by atoms with E-state index in [1.165, 1.54) is 38.6 Å². The molecule has 0 radical (unpaired) electrons. The van der Waals surface area contributed by atoms with E-state index < -0.39 is 0 Å². The van der Waals surface area contributed by atoms with E-state index in [0.717, 1.165) is 71.3 Å².